The van der Waals surface area contributed by atoms with Gasteiger partial charge in [-0.3, -0.25) is 9.79 Å². The predicted octanol–water partition coefficient (Wildman–Crippen LogP) is 0.386. The molecule has 5 N–H and O–H groups in total. The molecule has 0 unspecified atom stereocenters. The van der Waals surface area contributed by atoms with Crippen LogP contribution in [-0.2, 0) is 4.79 Å². The molecule has 0 saturated carbocycles. The van der Waals surface area contributed by atoms with Crippen molar-refractivity contribution in [3.63, 3.8) is 0 Å². The van der Waals surface area contributed by atoms with E-state index < -0.39 is 0 Å². The van der Waals surface area contributed by atoms with Crippen LogP contribution in [0, 0.1) is 0 Å². The largest absolute Gasteiger partial charge is 0.370 e. The average molecular weight is 228 g/mol. The van der Waals surface area contributed by atoms with Crippen molar-refractivity contribution in [1.29, 1.82) is 0 Å². The van der Waals surface area contributed by atoms with Gasteiger partial charge in [-0.15, -0.1) is 0 Å². The molecule has 0 spiro atoms. The zero-order valence-electron chi connectivity index (χ0n) is 10.5. The molecule has 0 aromatic heterocycles. The smallest absolute Gasteiger partial charge is 0.185 e. The van der Waals surface area contributed by atoms with Gasteiger partial charge in [0, 0.05) is 19.0 Å². The molecular weight excluding hydrogens is 204 g/mol. The minimum atomic E-state index is -0.0702. The van der Waals surface area contributed by atoms with E-state index in [4.69, 9.17) is 11.5 Å². The van der Waals surface area contributed by atoms with Gasteiger partial charge in [-0.1, -0.05) is 20.8 Å². The number of nitrogens with zero attached hydrogens (tertiary/aromatic N) is 1. The molecule has 16 heavy (non-hydrogen) atoms. The Morgan fingerprint density at radius 3 is 2.44 bits per heavy atom. The Hall–Kier alpha value is -1.10. The van der Waals surface area contributed by atoms with Crippen molar-refractivity contribution < 1.29 is 4.79 Å². The summed E-state index contributed by atoms with van der Waals surface area (Å²) in [6.45, 7) is 6.53. The quantitative estimate of drug-likeness (QED) is 0.318. The van der Waals surface area contributed by atoms with E-state index in [-0.39, 0.29) is 17.8 Å². The summed E-state index contributed by atoms with van der Waals surface area (Å²) in [5, 5.41) is 3.26. The number of ketones is 1. The summed E-state index contributed by atoms with van der Waals surface area (Å²) in [6, 6.07) is 0.239. The third-order valence-corrected chi connectivity index (χ3v) is 2.22. The van der Waals surface area contributed by atoms with Gasteiger partial charge in [-0.25, -0.2) is 0 Å². The number of hydrogen-bond donors (Lipinski definition) is 3. The van der Waals surface area contributed by atoms with Gasteiger partial charge >= 0.3 is 0 Å². The summed E-state index contributed by atoms with van der Waals surface area (Å²) in [5.74, 6) is 0.355. The topological polar surface area (TPSA) is 93.5 Å². The van der Waals surface area contributed by atoms with E-state index in [1.165, 1.54) is 0 Å². The fourth-order valence-electron chi connectivity index (χ4n) is 1.49. The van der Waals surface area contributed by atoms with Crippen molar-refractivity contribution in [2.75, 3.05) is 6.54 Å². The van der Waals surface area contributed by atoms with E-state index in [1.54, 1.807) is 0 Å². The van der Waals surface area contributed by atoms with Crippen LogP contribution in [0.4, 0.5) is 0 Å². The number of hydrogen-bond acceptors (Lipinski definition) is 3. The maximum atomic E-state index is 11.6. The molecule has 5 nitrogen and oxygen atoms in total. The molecule has 0 rings (SSSR count). The summed E-state index contributed by atoms with van der Waals surface area (Å²) in [7, 11) is 0. The monoisotopic (exact) mass is 228 g/mol. The highest BCUT2D eigenvalue weighted by atomic mass is 16.1. The van der Waals surface area contributed by atoms with E-state index in [0.717, 1.165) is 12.8 Å². The van der Waals surface area contributed by atoms with Gasteiger partial charge < -0.3 is 16.8 Å². The molecular formula is C11H24N4O. The fraction of sp³-hybridized carbons (Fsp3) is 0.818. The molecule has 0 bridgehead atoms. The van der Waals surface area contributed by atoms with E-state index in [9.17, 15) is 4.79 Å². The number of rotatable bonds is 8. The van der Waals surface area contributed by atoms with E-state index in [2.05, 4.69) is 10.3 Å². The Balaban J connectivity index is 4.02. The van der Waals surface area contributed by atoms with Crippen LogP contribution >= 0.6 is 0 Å². The van der Waals surface area contributed by atoms with Gasteiger partial charge in [-0.2, -0.15) is 0 Å². The minimum Gasteiger partial charge on any atom is -0.370 e. The SMILES string of the molecule is CCC(=O)[C@H](CCCN=C(N)N)NC(C)C. The first-order chi connectivity index (χ1) is 7.47. The van der Waals surface area contributed by atoms with Crippen LogP contribution < -0.4 is 16.8 Å². The molecule has 94 valence electrons. The van der Waals surface area contributed by atoms with Crippen LogP contribution in [0.15, 0.2) is 4.99 Å². The van der Waals surface area contributed by atoms with Crippen LogP contribution in [0.5, 0.6) is 0 Å². The molecule has 0 saturated heterocycles. The summed E-state index contributed by atoms with van der Waals surface area (Å²) in [5.41, 5.74) is 10.4. The lowest BCUT2D eigenvalue weighted by atomic mass is 10.0. The molecule has 1 atom stereocenters. The molecule has 0 aliphatic rings. The van der Waals surface area contributed by atoms with Gasteiger partial charge in [0.1, 0.15) is 5.78 Å². The highest BCUT2D eigenvalue weighted by molar-refractivity contribution is 5.83. The van der Waals surface area contributed by atoms with Gasteiger partial charge in [0.2, 0.25) is 0 Å². The number of Topliss-reactive ketones (excluding diaryl/α,β-unsaturated/α-hetero) is 1. The molecule has 0 amide bonds. The first kappa shape index (κ1) is 14.9. The standard InChI is InChI=1S/C11H24N4O/c1-4-10(16)9(15-8(2)3)6-5-7-14-11(12)13/h8-9,15H,4-7H2,1-3H3,(H4,12,13,14)/t9-/m0/s1. The van der Waals surface area contributed by atoms with Crippen molar-refractivity contribution in [1.82, 2.24) is 5.32 Å². The summed E-state index contributed by atoms with van der Waals surface area (Å²) in [4.78, 5) is 15.5. The van der Waals surface area contributed by atoms with Crippen molar-refractivity contribution in [3.05, 3.63) is 0 Å². The molecule has 0 aliphatic heterocycles. The molecule has 5 heteroatoms. The normalized spacial score (nSPS) is 12.5. The molecule has 0 heterocycles. The summed E-state index contributed by atoms with van der Waals surface area (Å²) < 4.78 is 0. The molecule has 0 fully saturated rings. The second kappa shape index (κ2) is 8.10. The van der Waals surface area contributed by atoms with E-state index >= 15 is 0 Å². The Kier molecular flexibility index (Phi) is 7.54. The molecule has 0 aromatic carbocycles. The molecule has 0 radical (unpaired) electrons. The Labute approximate surface area is 97.7 Å². The van der Waals surface area contributed by atoms with E-state index in [1.807, 2.05) is 20.8 Å². The predicted molar refractivity (Wildman–Crippen MR) is 67.3 cm³/mol. The van der Waals surface area contributed by atoms with Crippen LogP contribution in [0.1, 0.15) is 40.0 Å². The number of carbonyl (C=O) groups is 1. The maximum absolute atomic E-state index is 11.6. The average Bonchev–Trinajstić information content (AvgIpc) is 2.20. The van der Waals surface area contributed by atoms with Crippen LogP contribution in [0.25, 0.3) is 0 Å². The minimum absolute atomic E-state index is 0.0702. The highest BCUT2D eigenvalue weighted by Crippen LogP contribution is 2.03. The van der Waals surface area contributed by atoms with Gasteiger partial charge in [-0.05, 0) is 12.8 Å². The van der Waals surface area contributed by atoms with Gasteiger partial charge in [0.15, 0.2) is 5.96 Å². The van der Waals surface area contributed by atoms with Gasteiger partial charge in [0.25, 0.3) is 0 Å². The zero-order chi connectivity index (χ0) is 12.6. The number of aliphatic imine (C=N–C) groups is 1. The number of carbonyl (C=O) groups excluding carboxylic acids is 1. The summed E-state index contributed by atoms with van der Waals surface area (Å²) >= 11 is 0. The Morgan fingerprint density at radius 1 is 1.38 bits per heavy atom. The number of nitrogens with two attached hydrogens (primary N) is 2. The van der Waals surface area contributed by atoms with Crippen LogP contribution in [0.2, 0.25) is 0 Å². The fourth-order valence-corrected chi connectivity index (χ4v) is 1.49. The second-order valence-electron chi connectivity index (χ2n) is 4.14. The molecule has 0 aliphatic carbocycles. The Morgan fingerprint density at radius 2 is 2.00 bits per heavy atom. The van der Waals surface area contributed by atoms with Crippen molar-refractivity contribution in [2.24, 2.45) is 16.5 Å². The number of nitrogens with one attached hydrogen (secondary N) is 1. The first-order valence-corrected chi connectivity index (χ1v) is 5.81. The zero-order valence-corrected chi connectivity index (χ0v) is 10.5. The third kappa shape index (κ3) is 7.23. The third-order valence-electron chi connectivity index (χ3n) is 2.22. The van der Waals surface area contributed by atoms with Crippen molar-refractivity contribution in [2.45, 2.75) is 52.1 Å². The van der Waals surface area contributed by atoms with Crippen LogP contribution in [0.3, 0.4) is 0 Å². The van der Waals surface area contributed by atoms with Gasteiger partial charge in [0.05, 0.1) is 6.04 Å². The lowest BCUT2D eigenvalue weighted by Crippen LogP contribution is -2.40. The second-order valence-corrected chi connectivity index (χ2v) is 4.14. The maximum Gasteiger partial charge on any atom is 0.185 e. The van der Waals surface area contributed by atoms with Crippen molar-refractivity contribution in [3.8, 4) is 0 Å². The molecule has 0 aromatic rings. The highest BCUT2D eigenvalue weighted by Gasteiger charge is 2.16. The lowest BCUT2D eigenvalue weighted by molar-refractivity contribution is -0.121. The Bertz CT molecular complexity index is 234. The number of guanidine groups is 1. The summed E-state index contributed by atoms with van der Waals surface area (Å²) in [6.07, 6.45) is 2.16. The lowest BCUT2D eigenvalue weighted by Gasteiger charge is -2.19. The van der Waals surface area contributed by atoms with Crippen LogP contribution in [-0.4, -0.2) is 30.4 Å². The first-order valence-electron chi connectivity index (χ1n) is 5.81. The van der Waals surface area contributed by atoms with Crippen molar-refractivity contribution >= 4 is 11.7 Å². The van der Waals surface area contributed by atoms with E-state index in [0.29, 0.717) is 19.0 Å².